The second kappa shape index (κ2) is 2.66. The normalized spacial score (nSPS) is 37.8. The summed E-state index contributed by atoms with van der Waals surface area (Å²) < 4.78 is 29.5. The number of aliphatic hydroxyl groups is 1. The lowest BCUT2D eigenvalue weighted by molar-refractivity contribution is -0.118. The topological polar surface area (TPSA) is 77.8 Å². The quantitative estimate of drug-likeness (QED) is 0.549. The van der Waals surface area contributed by atoms with Gasteiger partial charge in [0.25, 0.3) is 10.1 Å². The van der Waals surface area contributed by atoms with Crippen molar-refractivity contribution in [3.63, 3.8) is 0 Å². The smallest absolute Gasteiger partial charge is 0.266 e. The van der Waals surface area contributed by atoms with Crippen LogP contribution in [0.3, 0.4) is 0 Å². The van der Waals surface area contributed by atoms with Gasteiger partial charge in [-0.15, -0.1) is 0 Å². The Morgan fingerprint density at radius 3 is 2.33 bits per heavy atom. The summed E-state index contributed by atoms with van der Waals surface area (Å²) in [6, 6.07) is -0.493. The maximum Gasteiger partial charge on any atom is 0.266 e. The average molecular weight is 195 g/mol. The first kappa shape index (κ1) is 9.91. The summed E-state index contributed by atoms with van der Waals surface area (Å²) in [4.78, 5) is 1.69. The number of likely N-dealkylation sites (tertiary alicyclic amines) is 1. The Balaban J connectivity index is 2.64. The van der Waals surface area contributed by atoms with Crippen molar-refractivity contribution in [2.75, 3.05) is 19.3 Å². The third kappa shape index (κ3) is 1.95. The van der Waals surface area contributed by atoms with Gasteiger partial charge in [0.1, 0.15) is 0 Å². The third-order valence-corrected chi connectivity index (χ3v) is 2.92. The van der Waals surface area contributed by atoms with Gasteiger partial charge in [-0.05, 0) is 14.0 Å². The van der Waals surface area contributed by atoms with Gasteiger partial charge in [0.15, 0.2) is 0 Å². The van der Waals surface area contributed by atoms with E-state index in [0.717, 1.165) is 0 Å². The van der Waals surface area contributed by atoms with Crippen LogP contribution in [0.25, 0.3) is 0 Å². The predicted molar refractivity (Wildman–Crippen MR) is 43.5 cm³/mol. The number of hydrogen-bond donors (Lipinski definition) is 2. The molecule has 5 nitrogen and oxygen atoms in total. The van der Waals surface area contributed by atoms with Crippen LogP contribution in [0, 0.1) is 0 Å². The van der Waals surface area contributed by atoms with Gasteiger partial charge in [0.2, 0.25) is 0 Å². The Morgan fingerprint density at radius 2 is 2.17 bits per heavy atom. The Bertz CT molecular complexity index is 271. The molecule has 0 spiro atoms. The molecule has 0 aromatic rings. The third-order valence-electron chi connectivity index (χ3n) is 2.19. The van der Waals surface area contributed by atoms with Gasteiger partial charge in [0.05, 0.1) is 17.4 Å². The number of nitrogens with zero attached hydrogens (tertiary/aromatic N) is 1. The molecule has 0 aliphatic carbocycles. The maximum atomic E-state index is 10.5. The van der Waals surface area contributed by atoms with E-state index in [4.69, 9.17) is 4.55 Å². The fourth-order valence-electron chi connectivity index (χ4n) is 1.59. The van der Waals surface area contributed by atoms with Crippen molar-refractivity contribution in [2.45, 2.75) is 18.6 Å². The minimum atomic E-state index is -3.99. The monoisotopic (exact) mass is 195 g/mol. The van der Waals surface area contributed by atoms with E-state index in [1.165, 1.54) is 0 Å². The molecule has 0 amide bonds. The van der Waals surface area contributed by atoms with Crippen LogP contribution in [0.4, 0.5) is 0 Å². The summed E-state index contributed by atoms with van der Waals surface area (Å²) in [5.41, 5.74) is -0.995. The van der Waals surface area contributed by atoms with Gasteiger partial charge in [-0.25, -0.2) is 0 Å². The fourth-order valence-corrected chi connectivity index (χ4v) is 2.60. The molecular formula is C6H13NO4S. The second-order valence-corrected chi connectivity index (χ2v) is 5.03. The molecule has 1 heterocycles. The van der Waals surface area contributed by atoms with Crippen LogP contribution >= 0.6 is 0 Å². The summed E-state index contributed by atoms with van der Waals surface area (Å²) in [5, 5.41) is 9.49. The van der Waals surface area contributed by atoms with Crippen molar-refractivity contribution >= 4 is 10.1 Å². The molecule has 1 aliphatic rings. The Hall–Kier alpha value is -0.170. The van der Waals surface area contributed by atoms with Crippen molar-refractivity contribution in [3.8, 4) is 0 Å². The average Bonchev–Trinajstić information content (AvgIpc) is 1.81. The zero-order valence-electron chi connectivity index (χ0n) is 7.06. The van der Waals surface area contributed by atoms with Crippen molar-refractivity contribution in [2.24, 2.45) is 0 Å². The van der Waals surface area contributed by atoms with E-state index in [2.05, 4.69) is 0 Å². The molecule has 1 saturated heterocycles. The SMILES string of the molecule is CN1CC(C)(O)C1CS(=O)(=O)O. The van der Waals surface area contributed by atoms with Crippen LogP contribution < -0.4 is 0 Å². The summed E-state index contributed by atoms with van der Waals surface area (Å²) >= 11 is 0. The van der Waals surface area contributed by atoms with Gasteiger partial charge < -0.3 is 5.11 Å². The molecule has 72 valence electrons. The van der Waals surface area contributed by atoms with E-state index in [0.29, 0.717) is 6.54 Å². The van der Waals surface area contributed by atoms with Crippen molar-refractivity contribution in [1.29, 1.82) is 0 Å². The van der Waals surface area contributed by atoms with Gasteiger partial charge in [0, 0.05) is 6.54 Å². The molecule has 1 rings (SSSR count). The molecule has 0 bridgehead atoms. The summed E-state index contributed by atoms with van der Waals surface area (Å²) in [6.07, 6.45) is 0. The lowest BCUT2D eigenvalue weighted by atomic mass is 9.87. The molecule has 12 heavy (non-hydrogen) atoms. The minimum Gasteiger partial charge on any atom is -0.387 e. The number of hydrogen-bond acceptors (Lipinski definition) is 4. The molecule has 2 unspecified atom stereocenters. The Morgan fingerprint density at radius 1 is 1.67 bits per heavy atom. The van der Waals surface area contributed by atoms with Crippen molar-refractivity contribution in [1.82, 2.24) is 4.90 Å². The minimum absolute atomic E-state index is 0.406. The molecule has 6 heteroatoms. The van der Waals surface area contributed by atoms with Gasteiger partial charge in [-0.1, -0.05) is 0 Å². The maximum absolute atomic E-state index is 10.5. The molecule has 2 N–H and O–H groups in total. The first-order chi connectivity index (χ1) is 5.22. The number of β-amino-alcohol motifs (C(OH)–C–C–N with tert-alkyl or cyclic N) is 1. The van der Waals surface area contributed by atoms with Crippen LogP contribution in [0.2, 0.25) is 0 Å². The Labute approximate surface area is 71.7 Å². The van der Waals surface area contributed by atoms with E-state index >= 15 is 0 Å². The molecule has 0 saturated carbocycles. The summed E-state index contributed by atoms with van der Waals surface area (Å²) in [6.45, 7) is 2.00. The predicted octanol–water partition coefficient (Wildman–Crippen LogP) is -1.06. The lowest BCUT2D eigenvalue weighted by Gasteiger charge is -2.50. The first-order valence-corrected chi connectivity index (χ1v) is 5.21. The fraction of sp³-hybridized carbons (Fsp3) is 1.00. The van der Waals surface area contributed by atoms with Crippen LogP contribution in [0.15, 0.2) is 0 Å². The zero-order chi connectivity index (χ0) is 9.57. The van der Waals surface area contributed by atoms with E-state index in [-0.39, 0.29) is 0 Å². The summed E-state index contributed by atoms with van der Waals surface area (Å²) in [5.74, 6) is -0.406. The lowest BCUT2D eigenvalue weighted by Crippen LogP contribution is -2.68. The highest BCUT2D eigenvalue weighted by Crippen LogP contribution is 2.27. The molecular weight excluding hydrogens is 182 g/mol. The largest absolute Gasteiger partial charge is 0.387 e. The van der Waals surface area contributed by atoms with E-state index in [1.807, 2.05) is 0 Å². The molecule has 0 aromatic carbocycles. The molecule has 1 fully saturated rings. The van der Waals surface area contributed by atoms with E-state index < -0.39 is 27.5 Å². The summed E-state index contributed by atoms with van der Waals surface area (Å²) in [7, 11) is -2.29. The van der Waals surface area contributed by atoms with Crippen LogP contribution in [0.1, 0.15) is 6.92 Å². The highest BCUT2D eigenvalue weighted by molar-refractivity contribution is 7.85. The van der Waals surface area contributed by atoms with Crippen LogP contribution in [0.5, 0.6) is 0 Å². The van der Waals surface area contributed by atoms with Gasteiger partial charge in [-0.3, -0.25) is 9.45 Å². The van der Waals surface area contributed by atoms with E-state index in [1.54, 1.807) is 18.9 Å². The molecule has 2 atom stereocenters. The van der Waals surface area contributed by atoms with E-state index in [9.17, 15) is 13.5 Å². The van der Waals surface area contributed by atoms with Crippen molar-refractivity contribution in [3.05, 3.63) is 0 Å². The Kier molecular flexibility index (Phi) is 2.20. The first-order valence-electron chi connectivity index (χ1n) is 3.60. The highest BCUT2D eigenvalue weighted by atomic mass is 32.2. The van der Waals surface area contributed by atoms with Crippen LogP contribution in [-0.4, -0.2) is 54.0 Å². The van der Waals surface area contributed by atoms with Gasteiger partial charge >= 0.3 is 0 Å². The highest BCUT2D eigenvalue weighted by Gasteiger charge is 2.47. The molecule has 1 aliphatic heterocycles. The standard InChI is InChI=1S/C6H13NO4S/c1-6(8)4-7(2)5(6)3-12(9,10)11/h5,8H,3-4H2,1-2H3,(H,9,10,11). The molecule has 0 aromatic heterocycles. The number of likely N-dealkylation sites (N-methyl/N-ethyl adjacent to an activating group) is 1. The zero-order valence-corrected chi connectivity index (χ0v) is 7.87. The molecule has 0 radical (unpaired) electrons. The van der Waals surface area contributed by atoms with Crippen molar-refractivity contribution < 1.29 is 18.1 Å². The van der Waals surface area contributed by atoms with Crippen LogP contribution in [-0.2, 0) is 10.1 Å². The second-order valence-electron chi connectivity index (χ2n) is 3.54. The van der Waals surface area contributed by atoms with Gasteiger partial charge in [-0.2, -0.15) is 8.42 Å². The number of rotatable bonds is 2.